The summed E-state index contributed by atoms with van der Waals surface area (Å²) in [5.74, 6) is -2.15. The van der Waals surface area contributed by atoms with Crippen LogP contribution < -0.4 is 69.7 Å². The number of likely N-dealkylation sites (tertiary alicyclic amines) is 1. The molecular formula is C32H53N3Na2O6. The fourth-order valence-electron chi connectivity index (χ4n) is 5.37. The van der Waals surface area contributed by atoms with Crippen molar-refractivity contribution in [1.29, 1.82) is 0 Å². The number of hydrogen-bond donors (Lipinski definition) is 4. The number of amides is 3. The van der Waals surface area contributed by atoms with E-state index in [0.717, 1.165) is 25.7 Å². The molecule has 11 heteroatoms. The molecule has 0 spiro atoms. The van der Waals surface area contributed by atoms with Crippen molar-refractivity contribution in [1.82, 2.24) is 15.5 Å². The number of unbranched alkanes of at least 4 members (excludes halogenated alkanes) is 12. The maximum Gasteiger partial charge on any atom is 1.00 e. The van der Waals surface area contributed by atoms with Gasteiger partial charge >= 0.3 is 65.1 Å². The van der Waals surface area contributed by atoms with Crippen LogP contribution in [0, 0.1) is 0 Å². The number of nitrogens with one attached hydrogen (secondary N) is 2. The Bertz CT molecular complexity index is 959. The van der Waals surface area contributed by atoms with E-state index >= 15 is 0 Å². The molecule has 3 amide bonds. The average Bonchev–Trinajstić information content (AvgIpc) is 3.45. The molecule has 1 aliphatic rings. The van der Waals surface area contributed by atoms with Gasteiger partial charge in [-0.1, -0.05) is 96.1 Å². The third kappa shape index (κ3) is 17.8. The number of rotatable bonds is 21. The molecule has 1 heterocycles. The van der Waals surface area contributed by atoms with Gasteiger partial charge in [0, 0.05) is 19.4 Å². The Hall–Kier alpha value is -1.10. The monoisotopic (exact) mass is 621 g/mol. The molecule has 0 aromatic heterocycles. The Balaban J connectivity index is -0.00000441. The summed E-state index contributed by atoms with van der Waals surface area (Å²) < 4.78 is 0. The zero-order valence-corrected chi connectivity index (χ0v) is 30.9. The minimum atomic E-state index is -1.20. The predicted molar refractivity (Wildman–Crippen MR) is 162 cm³/mol. The van der Waals surface area contributed by atoms with E-state index in [0.29, 0.717) is 24.9 Å². The SMILES string of the molecule is CCCCCCCCCCCCCCCC(=O)N1CCC[C@H]1C(=O)NCC(=O)N[C@@H](Cc1ccc(O)cc1)C(=O)O.[H-].[H-].[Na+].[Na+]. The smallest absolute Gasteiger partial charge is 1.00 e. The van der Waals surface area contributed by atoms with E-state index in [1.165, 1.54) is 76.3 Å². The molecule has 0 bridgehead atoms. The Morgan fingerprint density at radius 3 is 1.95 bits per heavy atom. The van der Waals surface area contributed by atoms with Gasteiger partial charge in [0.2, 0.25) is 17.7 Å². The second-order valence-corrected chi connectivity index (χ2v) is 11.3. The van der Waals surface area contributed by atoms with Gasteiger partial charge in [-0.05, 0) is 37.0 Å². The first kappa shape index (κ1) is 41.9. The topological polar surface area (TPSA) is 136 Å². The Kier molecular flexibility index (Phi) is 24.5. The van der Waals surface area contributed by atoms with Crippen molar-refractivity contribution in [3.8, 4) is 5.75 Å². The number of aromatic hydroxyl groups is 1. The van der Waals surface area contributed by atoms with Crippen molar-refractivity contribution in [3.63, 3.8) is 0 Å². The summed E-state index contributed by atoms with van der Waals surface area (Å²) in [5, 5.41) is 23.9. The number of benzene rings is 1. The summed E-state index contributed by atoms with van der Waals surface area (Å²) in [6.45, 7) is 2.42. The Morgan fingerprint density at radius 1 is 0.884 bits per heavy atom. The van der Waals surface area contributed by atoms with Gasteiger partial charge in [-0.25, -0.2) is 4.79 Å². The molecule has 1 fully saturated rings. The molecule has 234 valence electrons. The zero-order valence-electron chi connectivity index (χ0n) is 28.9. The number of hydrogen-bond acceptors (Lipinski definition) is 5. The van der Waals surface area contributed by atoms with E-state index in [4.69, 9.17) is 0 Å². The van der Waals surface area contributed by atoms with Gasteiger partial charge in [-0.3, -0.25) is 14.4 Å². The fourth-order valence-corrected chi connectivity index (χ4v) is 5.37. The second kappa shape index (κ2) is 25.1. The van der Waals surface area contributed by atoms with E-state index in [2.05, 4.69) is 17.6 Å². The van der Waals surface area contributed by atoms with Crippen molar-refractivity contribution in [3.05, 3.63) is 29.8 Å². The second-order valence-electron chi connectivity index (χ2n) is 11.3. The van der Waals surface area contributed by atoms with Crippen LogP contribution in [-0.2, 0) is 25.6 Å². The number of carboxylic acids is 1. The maximum absolute atomic E-state index is 12.8. The number of phenols is 1. The zero-order chi connectivity index (χ0) is 29.9. The van der Waals surface area contributed by atoms with Crippen LogP contribution in [0.5, 0.6) is 5.75 Å². The van der Waals surface area contributed by atoms with Crippen molar-refractivity contribution in [2.24, 2.45) is 0 Å². The molecule has 1 aromatic rings. The minimum absolute atomic E-state index is 0. The van der Waals surface area contributed by atoms with E-state index in [1.54, 1.807) is 17.0 Å². The van der Waals surface area contributed by atoms with E-state index < -0.39 is 24.0 Å². The quantitative estimate of drug-likeness (QED) is 0.106. The number of carbonyl (C=O) groups excluding carboxylic acids is 3. The van der Waals surface area contributed by atoms with Crippen LogP contribution in [-0.4, -0.2) is 64.0 Å². The average molecular weight is 622 g/mol. The van der Waals surface area contributed by atoms with Gasteiger partial charge in [-0.2, -0.15) is 0 Å². The van der Waals surface area contributed by atoms with E-state index in [1.807, 2.05) is 0 Å². The summed E-state index contributed by atoms with van der Waals surface area (Å²) in [6, 6.07) is 4.30. The summed E-state index contributed by atoms with van der Waals surface area (Å²) in [6.07, 6.45) is 17.9. The van der Waals surface area contributed by atoms with Crippen LogP contribution in [0.25, 0.3) is 0 Å². The van der Waals surface area contributed by atoms with Crippen LogP contribution in [0.3, 0.4) is 0 Å². The number of aliphatic carboxylic acids is 1. The van der Waals surface area contributed by atoms with E-state index in [9.17, 15) is 29.4 Å². The van der Waals surface area contributed by atoms with Crippen LogP contribution >= 0.6 is 0 Å². The molecule has 1 saturated heterocycles. The molecular weight excluding hydrogens is 568 g/mol. The third-order valence-electron chi connectivity index (χ3n) is 7.80. The minimum Gasteiger partial charge on any atom is -1.00 e. The Labute approximate surface area is 305 Å². The van der Waals surface area contributed by atoms with Crippen LogP contribution in [0.4, 0.5) is 0 Å². The number of nitrogens with zero attached hydrogens (tertiary/aromatic N) is 1. The summed E-state index contributed by atoms with van der Waals surface area (Å²) >= 11 is 0. The molecule has 9 nitrogen and oxygen atoms in total. The standard InChI is InChI=1S/C32H51N3O6.2Na.2H/c1-2-3-4-5-6-7-8-9-10-11-12-13-14-17-30(38)35-22-15-16-28(35)31(39)33-24-29(37)34-27(32(40)41)23-25-18-20-26(36)21-19-25;;;;/h18-21,27-28,36H,2-17,22-24H2,1H3,(H,33,39)(H,34,37)(H,40,41);;;;/q;2*+1;2*-1/t27-,28-;;;;/m0..../s1. The van der Waals surface area contributed by atoms with Crippen molar-refractivity contribution in [2.45, 2.75) is 128 Å². The number of carboxylic acid groups (broad SMARTS) is 1. The molecule has 43 heavy (non-hydrogen) atoms. The molecule has 2 atom stereocenters. The van der Waals surface area contributed by atoms with Crippen molar-refractivity contribution in [2.75, 3.05) is 13.1 Å². The molecule has 0 unspecified atom stereocenters. The largest absolute Gasteiger partial charge is 1.00 e. The van der Waals surface area contributed by atoms with Gasteiger partial charge in [0.15, 0.2) is 0 Å². The van der Waals surface area contributed by atoms with Gasteiger partial charge in [-0.15, -0.1) is 0 Å². The first-order chi connectivity index (χ1) is 19.8. The first-order valence-corrected chi connectivity index (χ1v) is 15.7. The summed E-state index contributed by atoms with van der Waals surface area (Å²) in [5.41, 5.74) is 0.642. The van der Waals surface area contributed by atoms with Crippen molar-refractivity contribution >= 4 is 23.7 Å². The molecule has 2 rings (SSSR count). The summed E-state index contributed by atoms with van der Waals surface area (Å²) in [7, 11) is 0. The maximum atomic E-state index is 12.8. The van der Waals surface area contributed by atoms with Gasteiger partial charge in [0.1, 0.15) is 17.8 Å². The number of carbonyl (C=O) groups is 4. The fraction of sp³-hybridized carbons (Fsp3) is 0.688. The van der Waals surface area contributed by atoms with Crippen LogP contribution in [0.1, 0.15) is 118 Å². The Morgan fingerprint density at radius 2 is 1.42 bits per heavy atom. The number of phenolic OH excluding ortho intramolecular Hbond substituents is 1. The van der Waals surface area contributed by atoms with Crippen LogP contribution in [0.2, 0.25) is 0 Å². The molecule has 4 N–H and O–H groups in total. The summed E-state index contributed by atoms with van der Waals surface area (Å²) in [4.78, 5) is 51.2. The normalized spacial score (nSPS) is 14.7. The molecule has 0 saturated carbocycles. The third-order valence-corrected chi connectivity index (χ3v) is 7.80. The predicted octanol–water partition coefficient (Wildman–Crippen LogP) is -0.674. The molecule has 0 radical (unpaired) electrons. The van der Waals surface area contributed by atoms with Gasteiger partial charge < -0.3 is 28.6 Å². The van der Waals surface area contributed by atoms with Gasteiger partial charge in [0.05, 0.1) is 6.54 Å². The molecule has 0 aliphatic carbocycles. The first-order valence-electron chi connectivity index (χ1n) is 15.7. The van der Waals surface area contributed by atoms with Gasteiger partial charge in [0.25, 0.3) is 0 Å². The van der Waals surface area contributed by atoms with Crippen LogP contribution in [0.15, 0.2) is 24.3 Å². The van der Waals surface area contributed by atoms with Crippen molar-refractivity contribution < 1.29 is 91.4 Å². The molecule has 1 aliphatic heterocycles. The van der Waals surface area contributed by atoms with E-state index in [-0.39, 0.29) is 92.5 Å². The molecule has 1 aromatic carbocycles.